The molecule has 0 fully saturated rings. The zero-order valence-electron chi connectivity index (χ0n) is 14.5. The molecule has 2 aromatic heterocycles. The Labute approximate surface area is 164 Å². The fourth-order valence-electron chi connectivity index (χ4n) is 2.93. The second kappa shape index (κ2) is 7.25. The van der Waals surface area contributed by atoms with Crippen LogP contribution in [0.4, 0.5) is 4.39 Å². The van der Waals surface area contributed by atoms with Crippen LogP contribution in [0.15, 0.2) is 59.5 Å². The van der Waals surface area contributed by atoms with Gasteiger partial charge in [0.05, 0.1) is 12.7 Å². The molecule has 0 spiro atoms. The van der Waals surface area contributed by atoms with E-state index in [0.717, 1.165) is 15.6 Å². The zero-order valence-corrected chi connectivity index (χ0v) is 15.3. The first-order valence-electron chi connectivity index (χ1n) is 8.39. The summed E-state index contributed by atoms with van der Waals surface area (Å²) in [7, 11) is 0. The second-order valence-electron chi connectivity index (χ2n) is 6.18. The SMILES string of the molecule is N#Cc1c(-c2ccc(Cl)cc2)cnn2c(=O)n(Cc3ccc(CF)cc3)nc12. The van der Waals surface area contributed by atoms with Crippen molar-refractivity contribution >= 4 is 17.2 Å². The number of aromatic nitrogens is 4. The van der Waals surface area contributed by atoms with Crippen LogP contribution in [0.1, 0.15) is 16.7 Å². The molecule has 0 bridgehead atoms. The molecule has 138 valence electrons. The van der Waals surface area contributed by atoms with E-state index in [4.69, 9.17) is 11.6 Å². The molecule has 0 amide bonds. The van der Waals surface area contributed by atoms with Gasteiger partial charge in [0.1, 0.15) is 18.3 Å². The maximum Gasteiger partial charge on any atom is 0.367 e. The zero-order chi connectivity index (χ0) is 19.7. The standard InChI is InChI=1S/C20H13ClFN5O/c21-16-7-5-15(6-8-16)18-11-24-27-19(17(18)10-23)25-26(20(27)28)12-14-3-1-13(9-22)2-4-14/h1-8,11H,9,12H2. The Morgan fingerprint density at radius 1 is 1.07 bits per heavy atom. The molecule has 2 aromatic carbocycles. The van der Waals surface area contributed by atoms with Gasteiger partial charge in [0.2, 0.25) is 0 Å². The van der Waals surface area contributed by atoms with Gasteiger partial charge in [0, 0.05) is 10.6 Å². The molecule has 0 radical (unpaired) electrons. The van der Waals surface area contributed by atoms with Gasteiger partial charge in [0.15, 0.2) is 5.65 Å². The van der Waals surface area contributed by atoms with Gasteiger partial charge >= 0.3 is 5.69 Å². The van der Waals surface area contributed by atoms with Gasteiger partial charge in [-0.15, -0.1) is 5.10 Å². The van der Waals surface area contributed by atoms with Gasteiger partial charge in [-0.2, -0.15) is 14.9 Å². The van der Waals surface area contributed by atoms with E-state index in [1.165, 1.54) is 10.9 Å². The molecule has 0 saturated heterocycles. The van der Waals surface area contributed by atoms with E-state index in [1.807, 2.05) is 0 Å². The summed E-state index contributed by atoms with van der Waals surface area (Å²) in [6.07, 6.45) is 1.47. The van der Waals surface area contributed by atoms with E-state index >= 15 is 0 Å². The molecule has 0 aliphatic heterocycles. The lowest BCUT2D eigenvalue weighted by molar-refractivity contribution is 0.485. The van der Waals surface area contributed by atoms with Crippen LogP contribution in [0.3, 0.4) is 0 Å². The quantitative estimate of drug-likeness (QED) is 0.531. The van der Waals surface area contributed by atoms with E-state index in [0.29, 0.717) is 16.1 Å². The molecular formula is C20H13ClFN5O. The first-order valence-corrected chi connectivity index (χ1v) is 8.77. The summed E-state index contributed by atoms with van der Waals surface area (Å²) in [4.78, 5) is 12.6. The normalized spacial score (nSPS) is 10.9. The smallest absolute Gasteiger partial charge is 0.246 e. The van der Waals surface area contributed by atoms with E-state index in [9.17, 15) is 14.4 Å². The molecule has 2 heterocycles. The number of hydrogen-bond acceptors (Lipinski definition) is 4. The van der Waals surface area contributed by atoms with Gasteiger partial charge in [-0.25, -0.2) is 13.9 Å². The highest BCUT2D eigenvalue weighted by Crippen LogP contribution is 2.25. The van der Waals surface area contributed by atoms with Crippen LogP contribution in [0.25, 0.3) is 16.8 Å². The Kier molecular flexibility index (Phi) is 4.63. The Hall–Kier alpha value is -3.50. The first-order chi connectivity index (χ1) is 13.6. The van der Waals surface area contributed by atoms with E-state index in [2.05, 4.69) is 16.3 Å². The largest absolute Gasteiger partial charge is 0.367 e. The molecule has 6 nitrogen and oxygen atoms in total. The van der Waals surface area contributed by atoms with Crippen LogP contribution in [0.5, 0.6) is 0 Å². The number of nitriles is 1. The maximum absolute atomic E-state index is 12.7. The Morgan fingerprint density at radius 3 is 2.39 bits per heavy atom. The molecular weight excluding hydrogens is 381 g/mol. The number of halogens is 2. The molecule has 0 atom stereocenters. The predicted octanol–water partition coefficient (Wildman–Crippen LogP) is 3.60. The lowest BCUT2D eigenvalue weighted by Gasteiger charge is -2.04. The van der Waals surface area contributed by atoms with Crippen LogP contribution < -0.4 is 5.69 Å². The molecule has 0 aliphatic rings. The van der Waals surface area contributed by atoms with Crippen LogP contribution >= 0.6 is 11.6 Å². The highest BCUT2D eigenvalue weighted by molar-refractivity contribution is 6.30. The van der Waals surface area contributed by atoms with E-state index in [1.54, 1.807) is 48.5 Å². The van der Waals surface area contributed by atoms with E-state index < -0.39 is 12.4 Å². The fraction of sp³-hybridized carbons (Fsp3) is 0.100. The number of hydrogen-bond donors (Lipinski definition) is 0. The molecule has 4 rings (SSSR count). The summed E-state index contributed by atoms with van der Waals surface area (Å²) in [5.41, 5.74) is 2.65. The third kappa shape index (κ3) is 3.15. The molecule has 8 heteroatoms. The molecule has 0 unspecified atom stereocenters. The number of rotatable bonds is 4. The van der Waals surface area contributed by atoms with Crippen molar-refractivity contribution < 1.29 is 4.39 Å². The van der Waals surface area contributed by atoms with Crippen molar-refractivity contribution in [2.24, 2.45) is 0 Å². The number of alkyl halides is 1. The molecule has 0 aliphatic carbocycles. The van der Waals surface area contributed by atoms with Crippen LogP contribution in [-0.4, -0.2) is 19.4 Å². The second-order valence-corrected chi connectivity index (χ2v) is 6.61. The van der Waals surface area contributed by atoms with Crippen molar-refractivity contribution in [3.05, 3.63) is 86.9 Å². The highest BCUT2D eigenvalue weighted by Gasteiger charge is 2.17. The third-order valence-corrected chi connectivity index (χ3v) is 4.64. The monoisotopic (exact) mass is 393 g/mol. The number of benzene rings is 2. The Bertz CT molecular complexity index is 1250. The number of nitrogens with zero attached hydrogens (tertiary/aromatic N) is 5. The van der Waals surface area contributed by atoms with Crippen molar-refractivity contribution in [2.75, 3.05) is 0 Å². The Morgan fingerprint density at radius 2 is 1.75 bits per heavy atom. The van der Waals surface area contributed by atoms with Gasteiger partial charge in [-0.3, -0.25) is 0 Å². The van der Waals surface area contributed by atoms with Gasteiger partial charge < -0.3 is 0 Å². The minimum Gasteiger partial charge on any atom is -0.246 e. The van der Waals surface area contributed by atoms with Crippen molar-refractivity contribution in [1.82, 2.24) is 19.4 Å². The summed E-state index contributed by atoms with van der Waals surface area (Å²) in [6, 6.07) is 15.9. The maximum atomic E-state index is 12.7. The van der Waals surface area contributed by atoms with Gasteiger partial charge in [-0.1, -0.05) is 48.0 Å². The van der Waals surface area contributed by atoms with Crippen molar-refractivity contribution in [3.63, 3.8) is 0 Å². The van der Waals surface area contributed by atoms with Gasteiger partial charge in [-0.05, 0) is 28.8 Å². The third-order valence-electron chi connectivity index (χ3n) is 4.39. The first kappa shape index (κ1) is 17.9. The van der Waals surface area contributed by atoms with E-state index in [-0.39, 0.29) is 17.8 Å². The van der Waals surface area contributed by atoms with Crippen molar-refractivity contribution in [2.45, 2.75) is 13.2 Å². The summed E-state index contributed by atoms with van der Waals surface area (Å²) in [6.45, 7) is -0.354. The average Bonchev–Trinajstić information content (AvgIpc) is 3.04. The molecule has 0 N–H and O–H groups in total. The van der Waals surface area contributed by atoms with Crippen molar-refractivity contribution in [3.8, 4) is 17.2 Å². The minimum atomic E-state index is -0.544. The lowest BCUT2D eigenvalue weighted by atomic mass is 10.0. The summed E-state index contributed by atoms with van der Waals surface area (Å²) in [5, 5.41) is 18.7. The summed E-state index contributed by atoms with van der Waals surface area (Å²) in [5.74, 6) is 0. The number of fused-ring (bicyclic) bond motifs is 1. The summed E-state index contributed by atoms with van der Waals surface area (Å²) >= 11 is 5.93. The lowest BCUT2D eigenvalue weighted by Crippen LogP contribution is -2.23. The average molecular weight is 394 g/mol. The topological polar surface area (TPSA) is 76.0 Å². The fourth-order valence-corrected chi connectivity index (χ4v) is 3.05. The van der Waals surface area contributed by atoms with Gasteiger partial charge in [0.25, 0.3) is 0 Å². The minimum absolute atomic E-state index is 0.181. The molecule has 4 aromatic rings. The highest BCUT2D eigenvalue weighted by atomic mass is 35.5. The summed E-state index contributed by atoms with van der Waals surface area (Å²) < 4.78 is 15.0. The predicted molar refractivity (Wildman–Crippen MR) is 103 cm³/mol. The molecule has 28 heavy (non-hydrogen) atoms. The van der Waals surface area contributed by atoms with Crippen LogP contribution in [0, 0.1) is 11.3 Å². The molecule has 0 saturated carbocycles. The van der Waals surface area contributed by atoms with Crippen molar-refractivity contribution in [1.29, 1.82) is 5.26 Å². The van der Waals surface area contributed by atoms with Crippen LogP contribution in [0.2, 0.25) is 5.02 Å². The Balaban J connectivity index is 1.80. The van der Waals surface area contributed by atoms with Crippen LogP contribution in [-0.2, 0) is 13.2 Å².